The van der Waals surface area contributed by atoms with Crippen LogP contribution in [0.1, 0.15) is 21.6 Å². The van der Waals surface area contributed by atoms with Crippen molar-refractivity contribution in [3.05, 3.63) is 95.7 Å². The Morgan fingerprint density at radius 1 is 0.808 bits per heavy atom. The van der Waals surface area contributed by atoms with Gasteiger partial charge in [-0.15, -0.1) is 0 Å². The third kappa shape index (κ3) is 2.01. The SMILES string of the molecule is Cc1c2ccccc2n2c1c(C(=O)c1ccccc1)nc1ccccc12. The Hall–Kier alpha value is -3.46. The molecule has 2 aromatic heterocycles. The molecule has 0 spiro atoms. The molecule has 0 aliphatic rings. The van der Waals surface area contributed by atoms with Crippen LogP contribution in [0.25, 0.3) is 27.5 Å². The first-order valence-electron chi connectivity index (χ1n) is 8.64. The average molecular weight is 336 g/mol. The molecule has 124 valence electrons. The highest BCUT2D eigenvalue weighted by Crippen LogP contribution is 2.31. The van der Waals surface area contributed by atoms with Gasteiger partial charge in [-0.05, 0) is 30.7 Å². The van der Waals surface area contributed by atoms with Gasteiger partial charge in [0.2, 0.25) is 5.78 Å². The van der Waals surface area contributed by atoms with E-state index in [0.717, 1.165) is 33.0 Å². The van der Waals surface area contributed by atoms with E-state index in [1.54, 1.807) is 0 Å². The summed E-state index contributed by atoms with van der Waals surface area (Å²) >= 11 is 0. The summed E-state index contributed by atoms with van der Waals surface area (Å²) in [4.78, 5) is 18.0. The van der Waals surface area contributed by atoms with Gasteiger partial charge in [0.25, 0.3) is 0 Å². The van der Waals surface area contributed by atoms with Crippen molar-refractivity contribution in [1.29, 1.82) is 0 Å². The van der Waals surface area contributed by atoms with E-state index in [-0.39, 0.29) is 5.78 Å². The van der Waals surface area contributed by atoms with E-state index in [1.165, 1.54) is 0 Å². The standard InChI is InChI=1S/C23H16N2O/c1-15-17-11-5-7-13-19(17)25-20-14-8-6-12-18(20)24-21(22(15)25)23(26)16-9-3-2-4-10-16/h2-14H,1H3. The minimum absolute atomic E-state index is 0.0488. The van der Waals surface area contributed by atoms with Crippen molar-refractivity contribution in [2.45, 2.75) is 6.92 Å². The normalized spacial score (nSPS) is 11.4. The van der Waals surface area contributed by atoms with Gasteiger partial charge in [-0.2, -0.15) is 0 Å². The van der Waals surface area contributed by atoms with Crippen molar-refractivity contribution >= 4 is 33.2 Å². The number of nitrogens with zero attached hydrogens (tertiary/aromatic N) is 2. The Kier molecular flexibility index (Phi) is 3.16. The van der Waals surface area contributed by atoms with Gasteiger partial charge in [0.05, 0.1) is 22.1 Å². The second-order valence-corrected chi connectivity index (χ2v) is 6.47. The molecule has 0 aliphatic heterocycles. The summed E-state index contributed by atoms with van der Waals surface area (Å²) < 4.78 is 2.17. The molecule has 2 heterocycles. The summed E-state index contributed by atoms with van der Waals surface area (Å²) in [5, 5.41) is 1.15. The Balaban J connectivity index is 1.99. The lowest BCUT2D eigenvalue weighted by Crippen LogP contribution is -2.08. The monoisotopic (exact) mass is 336 g/mol. The number of carbonyl (C=O) groups excluding carboxylic acids is 1. The van der Waals surface area contributed by atoms with E-state index in [1.807, 2.05) is 60.7 Å². The van der Waals surface area contributed by atoms with Gasteiger partial charge in [0.1, 0.15) is 5.69 Å². The van der Waals surface area contributed by atoms with E-state index < -0.39 is 0 Å². The Morgan fingerprint density at radius 3 is 2.27 bits per heavy atom. The summed E-state index contributed by atoms with van der Waals surface area (Å²) in [5.74, 6) is -0.0488. The van der Waals surface area contributed by atoms with Crippen LogP contribution in [0.15, 0.2) is 78.9 Å². The van der Waals surface area contributed by atoms with E-state index in [0.29, 0.717) is 11.3 Å². The first-order chi connectivity index (χ1) is 12.8. The molecular weight excluding hydrogens is 320 g/mol. The first kappa shape index (κ1) is 14.8. The smallest absolute Gasteiger partial charge is 0.213 e. The molecule has 5 rings (SSSR count). The maximum Gasteiger partial charge on any atom is 0.213 e. The fraction of sp³-hybridized carbons (Fsp3) is 0.0435. The lowest BCUT2D eigenvalue weighted by atomic mass is 10.1. The molecule has 5 aromatic rings. The molecule has 0 unspecified atom stereocenters. The zero-order valence-electron chi connectivity index (χ0n) is 14.3. The second kappa shape index (κ2) is 5.53. The number of hydrogen-bond donors (Lipinski definition) is 0. The maximum atomic E-state index is 13.3. The molecule has 0 saturated heterocycles. The number of benzene rings is 3. The molecule has 3 heteroatoms. The molecule has 26 heavy (non-hydrogen) atoms. The minimum atomic E-state index is -0.0488. The maximum absolute atomic E-state index is 13.3. The molecule has 3 nitrogen and oxygen atoms in total. The lowest BCUT2D eigenvalue weighted by molar-refractivity contribution is 0.103. The van der Waals surface area contributed by atoms with Gasteiger partial charge in [0, 0.05) is 10.9 Å². The fourth-order valence-corrected chi connectivity index (χ4v) is 3.74. The molecule has 0 aliphatic carbocycles. The molecule has 0 N–H and O–H groups in total. The van der Waals surface area contributed by atoms with Gasteiger partial charge < -0.3 is 4.40 Å². The second-order valence-electron chi connectivity index (χ2n) is 6.47. The van der Waals surface area contributed by atoms with Crippen LogP contribution in [0, 0.1) is 6.92 Å². The zero-order valence-corrected chi connectivity index (χ0v) is 14.3. The molecule has 0 fully saturated rings. The van der Waals surface area contributed by atoms with Gasteiger partial charge in [-0.25, -0.2) is 4.98 Å². The predicted molar refractivity (Wildman–Crippen MR) is 105 cm³/mol. The van der Waals surface area contributed by atoms with Crippen LogP contribution >= 0.6 is 0 Å². The molecule has 0 radical (unpaired) electrons. The number of aryl methyl sites for hydroxylation is 1. The van der Waals surface area contributed by atoms with E-state index in [9.17, 15) is 4.79 Å². The van der Waals surface area contributed by atoms with Crippen LogP contribution in [0.5, 0.6) is 0 Å². The highest BCUT2D eigenvalue weighted by molar-refractivity contribution is 6.15. The quantitative estimate of drug-likeness (QED) is 0.416. The van der Waals surface area contributed by atoms with Crippen molar-refractivity contribution in [2.75, 3.05) is 0 Å². The van der Waals surface area contributed by atoms with E-state index in [2.05, 4.69) is 29.5 Å². The highest BCUT2D eigenvalue weighted by atomic mass is 16.1. The van der Waals surface area contributed by atoms with Crippen LogP contribution in [-0.2, 0) is 0 Å². The molecule has 0 amide bonds. The molecule has 0 bridgehead atoms. The highest BCUT2D eigenvalue weighted by Gasteiger charge is 2.21. The van der Waals surface area contributed by atoms with Gasteiger partial charge in [0.15, 0.2) is 0 Å². The van der Waals surface area contributed by atoms with Crippen molar-refractivity contribution in [3.63, 3.8) is 0 Å². The van der Waals surface area contributed by atoms with Crippen LogP contribution in [0.2, 0.25) is 0 Å². The number of aromatic nitrogens is 2. The van der Waals surface area contributed by atoms with Crippen LogP contribution in [-0.4, -0.2) is 15.2 Å². The van der Waals surface area contributed by atoms with Gasteiger partial charge >= 0.3 is 0 Å². The topological polar surface area (TPSA) is 34.4 Å². The predicted octanol–water partition coefficient (Wildman–Crippen LogP) is 5.18. The number of ketones is 1. The van der Waals surface area contributed by atoms with Gasteiger partial charge in [-0.3, -0.25) is 4.79 Å². The Labute approximate surface area is 150 Å². The summed E-state index contributed by atoms with van der Waals surface area (Å²) in [7, 11) is 0. The number of fused-ring (bicyclic) bond motifs is 5. The van der Waals surface area contributed by atoms with Crippen molar-refractivity contribution in [1.82, 2.24) is 9.38 Å². The van der Waals surface area contributed by atoms with Crippen LogP contribution in [0.3, 0.4) is 0 Å². The largest absolute Gasteiger partial charge is 0.305 e. The Morgan fingerprint density at radius 2 is 1.46 bits per heavy atom. The summed E-state index contributed by atoms with van der Waals surface area (Å²) in [5.41, 5.74) is 6.06. The number of hydrogen-bond acceptors (Lipinski definition) is 2. The Bertz CT molecular complexity index is 1300. The van der Waals surface area contributed by atoms with E-state index >= 15 is 0 Å². The lowest BCUT2D eigenvalue weighted by Gasteiger charge is -2.09. The van der Waals surface area contributed by atoms with Gasteiger partial charge in [-0.1, -0.05) is 60.7 Å². The average Bonchev–Trinajstić information content (AvgIpc) is 3.01. The third-order valence-electron chi connectivity index (χ3n) is 4.96. The van der Waals surface area contributed by atoms with E-state index in [4.69, 9.17) is 4.98 Å². The summed E-state index contributed by atoms with van der Waals surface area (Å²) in [6.45, 7) is 2.07. The number of para-hydroxylation sites is 3. The third-order valence-corrected chi connectivity index (χ3v) is 4.96. The first-order valence-corrected chi connectivity index (χ1v) is 8.64. The zero-order chi connectivity index (χ0) is 17.7. The minimum Gasteiger partial charge on any atom is -0.305 e. The number of carbonyl (C=O) groups is 1. The summed E-state index contributed by atoms with van der Waals surface area (Å²) in [6.07, 6.45) is 0. The van der Waals surface area contributed by atoms with Crippen LogP contribution in [0.4, 0.5) is 0 Å². The van der Waals surface area contributed by atoms with Crippen LogP contribution < -0.4 is 0 Å². The fourth-order valence-electron chi connectivity index (χ4n) is 3.74. The molecule has 0 saturated carbocycles. The van der Waals surface area contributed by atoms with Crippen molar-refractivity contribution < 1.29 is 4.79 Å². The molecule has 3 aromatic carbocycles. The van der Waals surface area contributed by atoms with Crippen molar-refractivity contribution in [3.8, 4) is 0 Å². The molecular formula is C23H16N2O. The van der Waals surface area contributed by atoms with Crippen molar-refractivity contribution in [2.24, 2.45) is 0 Å². The summed E-state index contributed by atoms with van der Waals surface area (Å²) in [6, 6.07) is 25.6. The number of rotatable bonds is 2. The molecule has 0 atom stereocenters.